The van der Waals surface area contributed by atoms with Crippen molar-refractivity contribution in [3.8, 4) is 11.5 Å². The number of ether oxygens (including phenoxy) is 2. The maximum atomic E-state index is 6.14. The third-order valence-electron chi connectivity index (χ3n) is 4.20. The first-order valence-corrected chi connectivity index (χ1v) is 8.28. The molecule has 4 nitrogen and oxygen atoms in total. The Bertz CT molecular complexity index is 610. The Morgan fingerprint density at radius 2 is 1.91 bits per heavy atom. The summed E-state index contributed by atoms with van der Waals surface area (Å²) >= 11 is 0. The minimum absolute atomic E-state index is 0.336. The van der Waals surface area contributed by atoms with Crippen LogP contribution in [-0.4, -0.2) is 18.2 Å². The van der Waals surface area contributed by atoms with E-state index in [4.69, 9.17) is 9.47 Å². The Labute approximate surface area is 137 Å². The molecule has 1 heterocycles. The van der Waals surface area contributed by atoms with Crippen LogP contribution < -0.4 is 14.8 Å². The zero-order chi connectivity index (χ0) is 15.9. The van der Waals surface area contributed by atoms with Crippen LogP contribution in [0.5, 0.6) is 11.5 Å². The van der Waals surface area contributed by atoms with Crippen molar-refractivity contribution in [2.24, 2.45) is 0 Å². The van der Waals surface area contributed by atoms with Gasteiger partial charge in [-0.25, -0.2) is 0 Å². The average molecular weight is 312 g/mol. The summed E-state index contributed by atoms with van der Waals surface area (Å²) in [5.74, 6) is 1.67. The SMILES string of the molecule is COc1ccc(CNCc2cccnc2)cc1OC1CCCC1. The lowest BCUT2D eigenvalue weighted by atomic mass is 10.2. The van der Waals surface area contributed by atoms with Crippen LogP contribution in [0.15, 0.2) is 42.7 Å². The molecule has 1 saturated carbocycles. The number of aromatic nitrogens is 1. The summed E-state index contributed by atoms with van der Waals surface area (Å²) in [6.45, 7) is 1.60. The van der Waals surface area contributed by atoms with Gasteiger partial charge in [-0.15, -0.1) is 0 Å². The molecule has 0 saturated heterocycles. The zero-order valence-electron chi connectivity index (χ0n) is 13.6. The van der Waals surface area contributed by atoms with E-state index in [1.165, 1.54) is 24.0 Å². The number of pyridine rings is 1. The molecule has 122 valence electrons. The minimum Gasteiger partial charge on any atom is -0.493 e. The van der Waals surface area contributed by atoms with Crippen LogP contribution in [0.25, 0.3) is 0 Å². The summed E-state index contributed by atoms with van der Waals surface area (Å²) in [7, 11) is 1.69. The second-order valence-electron chi connectivity index (χ2n) is 5.97. The summed E-state index contributed by atoms with van der Waals surface area (Å²) in [4.78, 5) is 4.13. The van der Waals surface area contributed by atoms with Gasteiger partial charge < -0.3 is 14.8 Å². The Hall–Kier alpha value is -2.07. The highest BCUT2D eigenvalue weighted by Crippen LogP contribution is 2.32. The van der Waals surface area contributed by atoms with Crippen LogP contribution in [0.2, 0.25) is 0 Å². The smallest absolute Gasteiger partial charge is 0.161 e. The predicted octanol–water partition coefficient (Wildman–Crippen LogP) is 3.70. The van der Waals surface area contributed by atoms with Crippen LogP contribution in [0.4, 0.5) is 0 Å². The van der Waals surface area contributed by atoms with Gasteiger partial charge in [-0.05, 0) is 55.0 Å². The molecule has 0 spiro atoms. The number of methoxy groups -OCH3 is 1. The molecular formula is C19H24N2O2. The molecule has 0 amide bonds. The van der Waals surface area contributed by atoms with E-state index in [-0.39, 0.29) is 0 Å². The fraction of sp³-hybridized carbons (Fsp3) is 0.421. The van der Waals surface area contributed by atoms with E-state index < -0.39 is 0 Å². The van der Waals surface area contributed by atoms with E-state index in [1.807, 2.05) is 18.3 Å². The Morgan fingerprint density at radius 3 is 2.65 bits per heavy atom. The molecule has 1 N–H and O–H groups in total. The topological polar surface area (TPSA) is 43.4 Å². The van der Waals surface area contributed by atoms with Crippen molar-refractivity contribution in [2.45, 2.75) is 44.9 Å². The fourth-order valence-corrected chi connectivity index (χ4v) is 2.96. The Kier molecular flexibility index (Phi) is 5.48. The summed E-state index contributed by atoms with van der Waals surface area (Å²) in [6.07, 6.45) is 8.83. The molecule has 2 aromatic rings. The highest BCUT2D eigenvalue weighted by molar-refractivity contribution is 5.43. The molecule has 0 bridgehead atoms. The van der Waals surface area contributed by atoms with Crippen molar-refractivity contribution < 1.29 is 9.47 Å². The molecule has 23 heavy (non-hydrogen) atoms. The number of nitrogens with zero attached hydrogens (tertiary/aromatic N) is 1. The maximum absolute atomic E-state index is 6.14. The second kappa shape index (κ2) is 7.97. The summed E-state index contributed by atoms with van der Waals surface area (Å²) in [5, 5.41) is 3.44. The van der Waals surface area contributed by atoms with Crippen molar-refractivity contribution in [3.05, 3.63) is 53.9 Å². The lowest BCUT2D eigenvalue weighted by Crippen LogP contribution is -2.14. The van der Waals surface area contributed by atoms with Crippen molar-refractivity contribution in [1.82, 2.24) is 10.3 Å². The number of hydrogen-bond acceptors (Lipinski definition) is 4. The van der Waals surface area contributed by atoms with Crippen LogP contribution in [0.3, 0.4) is 0 Å². The highest BCUT2D eigenvalue weighted by Gasteiger charge is 2.18. The summed E-state index contributed by atoms with van der Waals surface area (Å²) in [5.41, 5.74) is 2.38. The zero-order valence-corrected chi connectivity index (χ0v) is 13.6. The third kappa shape index (κ3) is 4.45. The van der Waals surface area contributed by atoms with Crippen LogP contribution in [-0.2, 0) is 13.1 Å². The van der Waals surface area contributed by atoms with Crippen molar-refractivity contribution >= 4 is 0 Å². The monoisotopic (exact) mass is 312 g/mol. The van der Waals surface area contributed by atoms with Gasteiger partial charge in [0.15, 0.2) is 11.5 Å². The summed E-state index contributed by atoms with van der Waals surface area (Å²) in [6, 6.07) is 10.2. The maximum Gasteiger partial charge on any atom is 0.161 e. The van der Waals surface area contributed by atoms with Crippen LogP contribution in [0.1, 0.15) is 36.8 Å². The lowest BCUT2D eigenvalue weighted by molar-refractivity contribution is 0.200. The molecule has 0 radical (unpaired) electrons. The quantitative estimate of drug-likeness (QED) is 0.846. The summed E-state index contributed by atoms with van der Waals surface area (Å²) < 4.78 is 11.6. The van der Waals surface area contributed by atoms with E-state index in [2.05, 4.69) is 28.5 Å². The molecule has 1 fully saturated rings. The number of nitrogens with one attached hydrogen (secondary N) is 1. The van der Waals surface area contributed by atoms with Crippen molar-refractivity contribution in [1.29, 1.82) is 0 Å². The Morgan fingerprint density at radius 1 is 1.09 bits per heavy atom. The molecule has 0 atom stereocenters. The molecular weight excluding hydrogens is 288 g/mol. The molecule has 1 aliphatic rings. The Balaban J connectivity index is 1.60. The van der Waals surface area contributed by atoms with E-state index >= 15 is 0 Å². The molecule has 1 aromatic heterocycles. The van der Waals surface area contributed by atoms with Gasteiger partial charge in [0, 0.05) is 25.5 Å². The van der Waals surface area contributed by atoms with E-state index in [1.54, 1.807) is 13.3 Å². The van der Waals surface area contributed by atoms with Gasteiger partial charge in [-0.3, -0.25) is 4.98 Å². The van der Waals surface area contributed by atoms with Gasteiger partial charge in [0.1, 0.15) is 0 Å². The number of hydrogen-bond donors (Lipinski definition) is 1. The van der Waals surface area contributed by atoms with Gasteiger partial charge in [0.2, 0.25) is 0 Å². The van der Waals surface area contributed by atoms with Crippen molar-refractivity contribution in [3.63, 3.8) is 0 Å². The van der Waals surface area contributed by atoms with Gasteiger partial charge >= 0.3 is 0 Å². The average Bonchev–Trinajstić information content (AvgIpc) is 3.09. The fourth-order valence-electron chi connectivity index (χ4n) is 2.96. The van der Waals surface area contributed by atoms with E-state index in [0.29, 0.717) is 6.10 Å². The largest absolute Gasteiger partial charge is 0.493 e. The highest BCUT2D eigenvalue weighted by atomic mass is 16.5. The predicted molar refractivity (Wildman–Crippen MR) is 90.7 cm³/mol. The van der Waals surface area contributed by atoms with Gasteiger partial charge in [-0.1, -0.05) is 12.1 Å². The first-order chi connectivity index (χ1) is 11.3. The van der Waals surface area contributed by atoms with Gasteiger partial charge in [-0.2, -0.15) is 0 Å². The molecule has 0 unspecified atom stereocenters. The van der Waals surface area contributed by atoms with Crippen LogP contribution >= 0.6 is 0 Å². The van der Waals surface area contributed by atoms with Gasteiger partial charge in [0.05, 0.1) is 13.2 Å². The van der Waals surface area contributed by atoms with E-state index in [0.717, 1.165) is 37.4 Å². The number of benzene rings is 1. The molecule has 4 heteroatoms. The second-order valence-corrected chi connectivity index (χ2v) is 5.97. The first kappa shape index (κ1) is 15.8. The standard InChI is InChI=1S/C19H24N2O2/c1-22-18-9-8-15(11-19(18)23-17-6-2-3-7-17)12-21-14-16-5-4-10-20-13-16/h4-5,8-11,13,17,21H,2-3,6-7,12,14H2,1H3. The molecule has 1 aromatic carbocycles. The first-order valence-electron chi connectivity index (χ1n) is 8.28. The third-order valence-corrected chi connectivity index (χ3v) is 4.20. The molecule has 0 aliphatic heterocycles. The normalized spacial score (nSPS) is 14.8. The van der Waals surface area contributed by atoms with Gasteiger partial charge in [0.25, 0.3) is 0 Å². The minimum atomic E-state index is 0.336. The molecule has 3 rings (SSSR count). The van der Waals surface area contributed by atoms with Crippen LogP contribution in [0, 0.1) is 0 Å². The van der Waals surface area contributed by atoms with E-state index in [9.17, 15) is 0 Å². The number of rotatable bonds is 7. The molecule has 1 aliphatic carbocycles. The lowest BCUT2D eigenvalue weighted by Gasteiger charge is -2.17. The van der Waals surface area contributed by atoms with Crippen molar-refractivity contribution in [2.75, 3.05) is 7.11 Å².